The molecule has 4 aromatic heterocycles. The Bertz CT molecular complexity index is 1160. The lowest BCUT2D eigenvalue weighted by atomic mass is 9.99. The average molecular weight is 414 g/mol. The number of carbonyl (C=O) groups excluding carboxylic acids is 1. The van der Waals surface area contributed by atoms with Crippen molar-refractivity contribution in [2.75, 3.05) is 18.4 Å². The molecule has 31 heavy (non-hydrogen) atoms. The zero-order valence-electron chi connectivity index (χ0n) is 16.8. The molecule has 4 aromatic rings. The van der Waals surface area contributed by atoms with Crippen LogP contribution in [0.4, 0.5) is 5.69 Å². The van der Waals surface area contributed by atoms with Crippen molar-refractivity contribution in [2.24, 2.45) is 5.92 Å². The summed E-state index contributed by atoms with van der Waals surface area (Å²) in [5.74, 6) is 0.748. The lowest BCUT2D eigenvalue weighted by Crippen LogP contribution is -2.37. The van der Waals surface area contributed by atoms with E-state index in [2.05, 4.69) is 35.9 Å². The molecule has 1 aliphatic heterocycles. The van der Waals surface area contributed by atoms with Gasteiger partial charge in [-0.3, -0.25) is 14.9 Å². The Balaban J connectivity index is 1.30. The number of hydrogen-bond acceptors (Lipinski definition) is 6. The van der Waals surface area contributed by atoms with Crippen LogP contribution >= 0.6 is 0 Å². The maximum absolute atomic E-state index is 12.4. The minimum Gasteiger partial charge on any atom is -0.324 e. The fourth-order valence-electron chi connectivity index (χ4n) is 3.64. The molecule has 9 heteroatoms. The van der Waals surface area contributed by atoms with Gasteiger partial charge in [-0.1, -0.05) is 6.07 Å². The summed E-state index contributed by atoms with van der Waals surface area (Å²) in [5.41, 5.74) is 3.97. The van der Waals surface area contributed by atoms with E-state index < -0.39 is 0 Å². The first-order valence-electron chi connectivity index (χ1n) is 10.3. The van der Waals surface area contributed by atoms with Crippen molar-refractivity contribution in [1.82, 2.24) is 35.3 Å². The molecular weight excluding hydrogens is 392 g/mol. The Kier molecular flexibility index (Phi) is 5.24. The van der Waals surface area contributed by atoms with E-state index in [0.29, 0.717) is 11.5 Å². The van der Waals surface area contributed by atoms with Crippen molar-refractivity contribution in [3.05, 3.63) is 61.2 Å². The van der Waals surface area contributed by atoms with Gasteiger partial charge in [0.05, 0.1) is 41.1 Å². The number of hydrogen-bond donors (Lipinski definition) is 3. The monoisotopic (exact) mass is 414 g/mol. The number of aromatic nitrogens is 6. The first kappa shape index (κ1) is 19.1. The number of amides is 1. The molecule has 3 N–H and O–H groups in total. The van der Waals surface area contributed by atoms with E-state index in [0.717, 1.165) is 48.6 Å². The molecule has 1 atom stereocenters. The van der Waals surface area contributed by atoms with E-state index in [9.17, 15) is 4.79 Å². The highest BCUT2D eigenvalue weighted by atomic mass is 16.1. The smallest absolute Gasteiger partial charge is 0.228 e. The van der Waals surface area contributed by atoms with Gasteiger partial charge in [-0.2, -0.15) is 10.2 Å². The predicted molar refractivity (Wildman–Crippen MR) is 116 cm³/mol. The fourth-order valence-corrected chi connectivity index (χ4v) is 3.64. The van der Waals surface area contributed by atoms with Gasteiger partial charge < -0.3 is 10.6 Å². The molecule has 1 aliphatic rings. The van der Waals surface area contributed by atoms with Crippen LogP contribution in [0.3, 0.4) is 0 Å². The number of piperidine rings is 1. The zero-order chi connectivity index (χ0) is 21.0. The highest BCUT2D eigenvalue weighted by Crippen LogP contribution is 2.21. The molecule has 0 saturated carbocycles. The number of aromatic amines is 1. The number of carbonyl (C=O) groups is 1. The second-order valence-electron chi connectivity index (χ2n) is 7.49. The van der Waals surface area contributed by atoms with Crippen molar-refractivity contribution >= 4 is 11.6 Å². The molecule has 1 unspecified atom stereocenters. The van der Waals surface area contributed by atoms with Gasteiger partial charge in [-0.05, 0) is 49.7 Å². The SMILES string of the molecule is O=C(Nc1ccc(-c2cnn(-c3cccc(-c4ccn[nH]4)n3)c2)nc1)C1CCCNC1. The van der Waals surface area contributed by atoms with Gasteiger partial charge in [-0.15, -0.1) is 0 Å². The van der Waals surface area contributed by atoms with Crippen LogP contribution in [0.25, 0.3) is 28.5 Å². The summed E-state index contributed by atoms with van der Waals surface area (Å²) in [7, 11) is 0. The lowest BCUT2D eigenvalue weighted by Gasteiger charge is -2.21. The van der Waals surface area contributed by atoms with Crippen LogP contribution < -0.4 is 10.6 Å². The minimum absolute atomic E-state index is 0.0108. The molecule has 0 radical (unpaired) electrons. The highest BCUT2D eigenvalue weighted by molar-refractivity contribution is 5.92. The average Bonchev–Trinajstić information content (AvgIpc) is 3.53. The number of nitrogens with zero attached hydrogens (tertiary/aromatic N) is 5. The molecule has 1 fully saturated rings. The normalized spacial score (nSPS) is 16.2. The maximum atomic E-state index is 12.4. The topological polar surface area (TPSA) is 113 Å². The maximum Gasteiger partial charge on any atom is 0.228 e. The second kappa shape index (κ2) is 8.49. The summed E-state index contributed by atoms with van der Waals surface area (Å²) in [6, 6.07) is 11.4. The van der Waals surface area contributed by atoms with E-state index in [1.165, 1.54) is 0 Å². The summed E-state index contributed by atoms with van der Waals surface area (Å²) in [5, 5.41) is 17.5. The zero-order valence-corrected chi connectivity index (χ0v) is 16.8. The Labute approximate surface area is 178 Å². The van der Waals surface area contributed by atoms with Crippen LogP contribution in [0.1, 0.15) is 12.8 Å². The molecule has 0 bridgehead atoms. The number of anilines is 1. The largest absolute Gasteiger partial charge is 0.324 e. The molecule has 0 aliphatic carbocycles. The van der Waals surface area contributed by atoms with Gasteiger partial charge in [0.15, 0.2) is 5.82 Å². The van der Waals surface area contributed by atoms with Crippen molar-refractivity contribution < 1.29 is 4.79 Å². The summed E-state index contributed by atoms with van der Waals surface area (Å²) in [6.07, 6.45) is 8.95. The van der Waals surface area contributed by atoms with E-state index >= 15 is 0 Å². The Morgan fingerprint density at radius 1 is 1.13 bits per heavy atom. The van der Waals surface area contributed by atoms with E-state index in [-0.39, 0.29) is 11.8 Å². The molecule has 5 heterocycles. The highest BCUT2D eigenvalue weighted by Gasteiger charge is 2.21. The second-order valence-corrected chi connectivity index (χ2v) is 7.49. The summed E-state index contributed by atoms with van der Waals surface area (Å²) >= 11 is 0. The van der Waals surface area contributed by atoms with Crippen LogP contribution in [-0.4, -0.2) is 48.9 Å². The summed E-state index contributed by atoms with van der Waals surface area (Å²) in [6.45, 7) is 1.71. The van der Waals surface area contributed by atoms with Crippen molar-refractivity contribution in [2.45, 2.75) is 12.8 Å². The van der Waals surface area contributed by atoms with Crippen molar-refractivity contribution in [1.29, 1.82) is 0 Å². The molecule has 156 valence electrons. The molecule has 1 amide bonds. The van der Waals surface area contributed by atoms with Crippen LogP contribution in [0.2, 0.25) is 0 Å². The molecule has 5 rings (SSSR count). The third kappa shape index (κ3) is 4.22. The number of rotatable bonds is 5. The number of H-pyrrole nitrogens is 1. The van der Waals surface area contributed by atoms with Gasteiger partial charge in [0.1, 0.15) is 0 Å². The first-order valence-corrected chi connectivity index (χ1v) is 10.3. The van der Waals surface area contributed by atoms with Gasteiger partial charge >= 0.3 is 0 Å². The Hall–Kier alpha value is -3.85. The van der Waals surface area contributed by atoms with E-state index in [1.807, 2.05) is 42.6 Å². The molecule has 0 spiro atoms. The van der Waals surface area contributed by atoms with Gasteiger partial charge in [0.25, 0.3) is 0 Å². The minimum atomic E-state index is 0.0108. The molecule has 9 nitrogen and oxygen atoms in total. The van der Waals surface area contributed by atoms with E-state index in [1.54, 1.807) is 23.3 Å². The lowest BCUT2D eigenvalue weighted by molar-refractivity contribution is -0.120. The standard InChI is InChI=1S/C22H22N8O/c31-22(15-3-2-9-23-11-15)27-17-6-7-18(24-13-17)16-12-26-30(14-16)21-5-1-4-19(28-21)20-8-10-25-29-20/h1,4-8,10,12-15,23H,2-3,9,11H2,(H,25,29)(H,27,31). The van der Waals surface area contributed by atoms with E-state index in [4.69, 9.17) is 0 Å². The Morgan fingerprint density at radius 2 is 2.10 bits per heavy atom. The van der Waals surface area contributed by atoms with Crippen LogP contribution in [0.15, 0.2) is 61.2 Å². The van der Waals surface area contributed by atoms with Gasteiger partial charge in [-0.25, -0.2) is 9.67 Å². The molecular formula is C22H22N8O. The van der Waals surface area contributed by atoms with Gasteiger partial charge in [0, 0.05) is 24.5 Å². The summed E-state index contributed by atoms with van der Waals surface area (Å²) < 4.78 is 1.71. The van der Waals surface area contributed by atoms with Crippen LogP contribution in [-0.2, 0) is 4.79 Å². The van der Waals surface area contributed by atoms with Crippen LogP contribution in [0, 0.1) is 5.92 Å². The molecule has 0 aromatic carbocycles. The Morgan fingerprint density at radius 3 is 2.87 bits per heavy atom. The third-order valence-electron chi connectivity index (χ3n) is 5.32. The predicted octanol–water partition coefficient (Wildman–Crippen LogP) is 2.66. The summed E-state index contributed by atoms with van der Waals surface area (Å²) in [4.78, 5) is 21.5. The molecule has 1 saturated heterocycles. The van der Waals surface area contributed by atoms with Crippen LogP contribution in [0.5, 0.6) is 0 Å². The number of pyridine rings is 2. The number of nitrogens with one attached hydrogen (secondary N) is 3. The van der Waals surface area contributed by atoms with Crippen molar-refractivity contribution in [3.8, 4) is 28.5 Å². The van der Waals surface area contributed by atoms with Crippen molar-refractivity contribution in [3.63, 3.8) is 0 Å². The van der Waals surface area contributed by atoms with Gasteiger partial charge in [0.2, 0.25) is 5.91 Å². The third-order valence-corrected chi connectivity index (χ3v) is 5.32. The quantitative estimate of drug-likeness (QED) is 0.463. The fraction of sp³-hybridized carbons (Fsp3) is 0.227. The first-order chi connectivity index (χ1) is 15.3.